The largest absolute Gasteiger partial charge is 0.416 e. The Morgan fingerprint density at radius 1 is 1.04 bits per heavy atom. The fourth-order valence-corrected chi connectivity index (χ4v) is 5.95. The molecule has 0 aromatic heterocycles. The Kier molecular flexibility index (Phi) is 5.87. The number of Topliss-reactive ketones (excluding diaryl/α,β-unsaturated/α-hetero) is 1. The summed E-state index contributed by atoms with van der Waals surface area (Å²) in [4.78, 5) is 12.5. The van der Waals surface area contributed by atoms with Crippen molar-refractivity contribution in [1.82, 2.24) is 0 Å². The number of fused-ring (bicyclic) bond motifs is 1. The summed E-state index contributed by atoms with van der Waals surface area (Å²) in [5.74, 6) is 0.364. The Balaban J connectivity index is 2.24. The molecule has 0 amide bonds. The molecule has 25 heavy (non-hydrogen) atoms. The number of hydrogen-bond donors (Lipinski definition) is 0. The highest BCUT2D eigenvalue weighted by molar-refractivity contribution is 6.89. The van der Waals surface area contributed by atoms with Gasteiger partial charge in [-0.15, -0.1) is 0 Å². The monoisotopic (exact) mass is 376 g/mol. The van der Waals surface area contributed by atoms with Crippen LogP contribution in [0.25, 0.3) is 0 Å². The quantitative estimate of drug-likeness (QED) is 0.650. The highest BCUT2D eigenvalue weighted by Gasteiger charge is 2.37. The average molecular weight is 377 g/mol. The van der Waals surface area contributed by atoms with Crippen molar-refractivity contribution in [2.24, 2.45) is 0 Å². The Labute approximate surface area is 156 Å². The van der Waals surface area contributed by atoms with E-state index >= 15 is 0 Å². The van der Waals surface area contributed by atoms with Crippen LogP contribution in [0.3, 0.4) is 0 Å². The molecule has 0 saturated carbocycles. The van der Waals surface area contributed by atoms with Crippen molar-refractivity contribution in [3.8, 4) is 0 Å². The number of carbonyl (C=O) groups excluding carboxylic acids is 1. The standard InChI is InChI=1S/C21H36O2Si2/c1-21(2,3)25(7,8)23-13-12-16-14-17-10-9-11-18(22)20(17)19(15-16)24(4,5)6/h14-15H,9-13H2,1-8H3. The number of hydrogen-bond acceptors (Lipinski definition) is 2. The topological polar surface area (TPSA) is 26.3 Å². The van der Waals surface area contributed by atoms with Gasteiger partial charge in [0.2, 0.25) is 0 Å². The molecule has 0 aliphatic heterocycles. The Hall–Kier alpha value is -0.716. The smallest absolute Gasteiger partial charge is 0.191 e. The first-order chi connectivity index (χ1) is 11.3. The third-order valence-corrected chi connectivity index (χ3v) is 12.4. The molecule has 140 valence electrons. The van der Waals surface area contributed by atoms with Crippen LogP contribution in [0.5, 0.6) is 0 Å². The molecule has 1 aromatic carbocycles. The van der Waals surface area contributed by atoms with Crippen LogP contribution in [0.4, 0.5) is 0 Å². The van der Waals surface area contributed by atoms with Gasteiger partial charge < -0.3 is 4.43 Å². The van der Waals surface area contributed by atoms with Gasteiger partial charge in [-0.05, 0) is 53.7 Å². The van der Waals surface area contributed by atoms with Gasteiger partial charge in [-0.25, -0.2) is 0 Å². The molecule has 2 rings (SSSR count). The zero-order chi connectivity index (χ0) is 19.0. The van der Waals surface area contributed by atoms with Gasteiger partial charge in [0.15, 0.2) is 14.1 Å². The first-order valence-electron chi connectivity index (χ1n) is 9.66. The first kappa shape index (κ1) is 20.6. The second-order valence-corrected chi connectivity index (χ2v) is 19.9. The Morgan fingerprint density at radius 2 is 1.68 bits per heavy atom. The molecule has 2 nitrogen and oxygen atoms in total. The molecular weight excluding hydrogens is 340 g/mol. The fourth-order valence-electron chi connectivity index (χ4n) is 3.24. The van der Waals surface area contributed by atoms with Crippen molar-refractivity contribution in [3.05, 3.63) is 28.8 Å². The molecule has 0 saturated heterocycles. The SMILES string of the molecule is CC(C)(C)[Si](C)(C)OCCc1cc2c(c([Si](C)(C)C)c1)C(=O)CCC2. The van der Waals surface area contributed by atoms with Crippen molar-refractivity contribution in [2.75, 3.05) is 6.61 Å². The number of benzene rings is 1. The summed E-state index contributed by atoms with van der Waals surface area (Å²) in [6, 6.07) is 4.61. The minimum atomic E-state index is -1.69. The van der Waals surface area contributed by atoms with Gasteiger partial charge in [0.1, 0.15) is 0 Å². The summed E-state index contributed by atoms with van der Waals surface area (Å²) in [6.45, 7) is 19.3. The van der Waals surface area contributed by atoms with E-state index < -0.39 is 16.4 Å². The van der Waals surface area contributed by atoms with E-state index in [1.807, 2.05) is 0 Å². The summed E-state index contributed by atoms with van der Waals surface area (Å²) in [7, 11) is -3.24. The van der Waals surface area contributed by atoms with Crippen molar-refractivity contribution >= 4 is 27.4 Å². The minimum absolute atomic E-state index is 0.249. The molecule has 0 heterocycles. The third-order valence-electron chi connectivity index (χ3n) is 5.88. The summed E-state index contributed by atoms with van der Waals surface area (Å²) in [6.07, 6.45) is 3.72. The summed E-state index contributed by atoms with van der Waals surface area (Å²) >= 11 is 0. The summed E-state index contributed by atoms with van der Waals surface area (Å²) in [5, 5.41) is 1.61. The lowest BCUT2D eigenvalue weighted by molar-refractivity contribution is 0.0973. The van der Waals surface area contributed by atoms with Gasteiger partial charge >= 0.3 is 0 Å². The molecule has 1 aliphatic carbocycles. The highest BCUT2D eigenvalue weighted by atomic mass is 28.4. The van der Waals surface area contributed by atoms with Gasteiger partial charge in [0, 0.05) is 18.6 Å². The maximum absolute atomic E-state index is 12.5. The number of ketones is 1. The second kappa shape index (κ2) is 7.12. The molecule has 0 atom stereocenters. The molecule has 1 aromatic rings. The van der Waals surface area contributed by atoms with Gasteiger partial charge in [0.05, 0.1) is 8.07 Å². The van der Waals surface area contributed by atoms with E-state index in [1.54, 1.807) is 0 Å². The number of aryl methyl sites for hydroxylation is 1. The second-order valence-electron chi connectivity index (χ2n) is 10.1. The van der Waals surface area contributed by atoms with Crippen molar-refractivity contribution in [1.29, 1.82) is 0 Å². The van der Waals surface area contributed by atoms with Gasteiger partial charge in [-0.1, -0.05) is 52.5 Å². The predicted molar refractivity (Wildman–Crippen MR) is 114 cm³/mol. The molecule has 0 radical (unpaired) electrons. The molecule has 0 fully saturated rings. The van der Waals surface area contributed by atoms with Crippen LogP contribution in [0, 0.1) is 0 Å². The van der Waals surface area contributed by atoms with E-state index in [0.717, 1.165) is 37.9 Å². The third kappa shape index (κ3) is 4.72. The molecular formula is C21H36O2Si2. The zero-order valence-corrected chi connectivity index (χ0v) is 19.5. The van der Waals surface area contributed by atoms with Gasteiger partial charge in [-0.3, -0.25) is 4.79 Å². The maximum atomic E-state index is 12.5. The van der Waals surface area contributed by atoms with Crippen LogP contribution in [0.1, 0.15) is 55.1 Å². The maximum Gasteiger partial charge on any atom is 0.191 e. The molecule has 4 heteroatoms. The summed E-state index contributed by atoms with van der Waals surface area (Å²) < 4.78 is 6.37. The molecule has 0 spiro atoms. The zero-order valence-electron chi connectivity index (χ0n) is 17.5. The van der Waals surface area contributed by atoms with Crippen LogP contribution < -0.4 is 5.19 Å². The fraction of sp³-hybridized carbons (Fsp3) is 0.667. The van der Waals surface area contributed by atoms with E-state index in [2.05, 4.69) is 65.6 Å². The van der Waals surface area contributed by atoms with E-state index in [4.69, 9.17) is 4.43 Å². The van der Waals surface area contributed by atoms with Crippen LogP contribution in [0.15, 0.2) is 12.1 Å². The Bertz CT molecular complexity index is 649. The molecule has 0 bridgehead atoms. The Morgan fingerprint density at radius 3 is 2.24 bits per heavy atom. The van der Waals surface area contributed by atoms with Gasteiger partial charge in [-0.2, -0.15) is 0 Å². The predicted octanol–water partition coefficient (Wildman–Crippen LogP) is 5.32. The lowest BCUT2D eigenvalue weighted by atomic mass is 9.89. The average Bonchev–Trinajstić information content (AvgIpc) is 2.44. The summed E-state index contributed by atoms with van der Waals surface area (Å²) in [5.41, 5.74) is 3.71. The van der Waals surface area contributed by atoms with E-state index in [0.29, 0.717) is 5.78 Å². The lowest BCUT2D eigenvalue weighted by Gasteiger charge is -2.36. The highest BCUT2D eigenvalue weighted by Crippen LogP contribution is 2.36. The van der Waals surface area contributed by atoms with Crippen LogP contribution in [-0.4, -0.2) is 28.8 Å². The van der Waals surface area contributed by atoms with Crippen molar-refractivity contribution in [2.45, 2.75) is 84.2 Å². The molecule has 0 N–H and O–H groups in total. The van der Waals surface area contributed by atoms with Crippen molar-refractivity contribution in [3.63, 3.8) is 0 Å². The number of rotatable bonds is 5. The lowest BCUT2D eigenvalue weighted by Crippen LogP contribution is -2.43. The van der Waals surface area contributed by atoms with E-state index in [9.17, 15) is 4.79 Å². The first-order valence-corrected chi connectivity index (χ1v) is 16.1. The normalized spacial score (nSPS) is 16.1. The minimum Gasteiger partial charge on any atom is -0.416 e. The van der Waals surface area contributed by atoms with Gasteiger partial charge in [0.25, 0.3) is 0 Å². The van der Waals surface area contributed by atoms with Crippen molar-refractivity contribution < 1.29 is 9.22 Å². The van der Waals surface area contributed by atoms with E-state index in [1.165, 1.54) is 16.3 Å². The van der Waals surface area contributed by atoms with E-state index in [-0.39, 0.29) is 5.04 Å². The molecule has 1 aliphatic rings. The van der Waals surface area contributed by atoms with Crippen LogP contribution >= 0.6 is 0 Å². The number of carbonyl (C=O) groups is 1. The van der Waals surface area contributed by atoms with Crippen LogP contribution in [0.2, 0.25) is 37.8 Å². The van der Waals surface area contributed by atoms with Crippen LogP contribution in [-0.2, 0) is 17.3 Å². The molecule has 0 unspecified atom stereocenters.